The van der Waals surface area contributed by atoms with Crippen LogP contribution in [-0.2, 0) is 23.9 Å². The predicted molar refractivity (Wildman–Crippen MR) is 106 cm³/mol. The summed E-state index contributed by atoms with van der Waals surface area (Å²) in [6.45, 7) is 1.39. The van der Waals surface area contributed by atoms with Gasteiger partial charge in [0.15, 0.2) is 6.10 Å². The monoisotopic (exact) mass is 415 g/mol. The average Bonchev–Trinajstić information content (AvgIpc) is 2.97. The molecular weight excluding hydrogens is 390 g/mol. The number of esters is 1. The van der Waals surface area contributed by atoms with E-state index in [9.17, 15) is 24.0 Å². The number of carbonyl (C=O) groups excluding carboxylic acids is 5. The number of amides is 4. The summed E-state index contributed by atoms with van der Waals surface area (Å²) in [4.78, 5) is 61.4. The van der Waals surface area contributed by atoms with Crippen molar-refractivity contribution in [1.29, 1.82) is 0 Å². The van der Waals surface area contributed by atoms with E-state index in [1.807, 2.05) is 0 Å². The summed E-state index contributed by atoms with van der Waals surface area (Å²) < 4.78 is 5.12. The van der Waals surface area contributed by atoms with Crippen molar-refractivity contribution in [1.82, 2.24) is 4.90 Å². The Balaban J connectivity index is 1.47. The summed E-state index contributed by atoms with van der Waals surface area (Å²) in [6, 6.07) is 5.96. The molecule has 0 aromatic heterocycles. The van der Waals surface area contributed by atoms with Crippen LogP contribution >= 0.6 is 0 Å². The zero-order chi connectivity index (χ0) is 21.8. The smallest absolute Gasteiger partial charge is 0.308 e. The van der Waals surface area contributed by atoms with Crippen LogP contribution in [0.5, 0.6) is 0 Å². The molecule has 4 amide bonds. The number of anilines is 1. The molecule has 2 aliphatic rings. The van der Waals surface area contributed by atoms with Gasteiger partial charge in [0.25, 0.3) is 5.91 Å². The summed E-state index contributed by atoms with van der Waals surface area (Å²) in [7, 11) is 0. The number of rotatable bonds is 7. The highest BCUT2D eigenvalue weighted by Gasteiger charge is 2.47. The van der Waals surface area contributed by atoms with Crippen LogP contribution in [0.1, 0.15) is 49.4 Å². The van der Waals surface area contributed by atoms with Gasteiger partial charge in [-0.3, -0.25) is 28.9 Å². The normalized spacial score (nSPS) is 21.7. The molecule has 1 aliphatic heterocycles. The van der Waals surface area contributed by atoms with Crippen molar-refractivity contribution in [2.75, 3.05) is 11.9 Å². The van der Waals surface area contributed by atoms with Gasteiger partial charge in [0, 0.05) is 17.8 Å². The van der Waals surface area contributed by atoms with Crippen molar-refractivity contribution in [2.24, 2.45) is 17.6 Å². The molecule has 1 aromatic carbocycles. The Kier molecular flexibility index (Phi) is 6.49. The van der Waals surface area contributed by atoms with Gasteiger partial charge in [0.1, 0.15) is 0 Å². The summed E-state index contributed by atoms with van der Waals surface area (Å²) in [6.07, 6.45) is 2.08. The van der Waals surface area contributed by atoms with Crippen LogP contribution in [0.15, 0.2) is 24.3 Å². The van der Waals surface area contributed by atoms with Crippen LogP contribution in [-0.4, -0.2) is 47.1 Å². The van der Waals surface area contributed by atoms with Crippen molar-refractivity contribution in [2.45, 2.75) is 45.1 Å². The van der Waals surface area contributed by atoms with Crippen LogP contribution in [0, 0.1) is 11.8 Å². The van der Waals surface area contributed by atoms with E-state index in [2.05, 4.69) is 5.32 Å². The fourth-order valence-corrected chi connectivity index (χ4v) is 3.93. The fraction of sp³-hybridized carbons (Fsp3) is 0.476. The highest BCUT2D eigenvalue weighted by molar-refractivity contribution is 6.05. The molecule has 30 heavy (non-hydrogen) atoms. The molecule has 3 atom stereocenters. The Bertz CT molecular complexity index is 842. The third kappa shape index (κ3) is 4.67. The molecule has 2 fully saturated rings. The van der Waals surface area contributed by atoms with E-state index in [1.165, 1.54) is 31.2 Å². The lowest BCUT2D eigenvalue weighted by Gasteiger charge is -2.19. The molecule has 1 heterocycles. The van der Waals surface area contributed by atoms with Gasteiger partial charge >= 0.3 is 5.97 Å². The molecule has 160 valence electrons. The van der Waals surface area contributed by atoms with E-state index >= 15 is 0 Å². The van der Waals surface area contributed by atoms with Gasteiger partial charge in [-0.2, -0.15) is 0 Å². The number of likely N-dealkylation sites (tertiary alicyclic amines) is 1. The minimum Gasteiger partial charge on any atom is -0.452 e. The number of nitrogens with two attached hydrogens (primary N) is 1. The molecule has 0 bridgehead atoms. The number of nitrogens with zero attached hydrogens (tertiary/aromatic N) is 1. The van der Waals surface area contributed by atoms with Gasteiger partial charge in [0.2, 0.25) is 17.7 Å². The Morgan fingerprint density at radius 3 is 2.20 bits per heavy atom. The van der Waals surface area contributed by atoms with E-state index in [1.54, 1.807) is 0 Å². The number of benzene rings is 1. The fourth-order valence-electron chi connectivity index (χ4n) is 3.93. The highest BCUT2D eigenvalue weighted by Crippen LogP contribution is 2.37. The van der Waals surface area contributed by atoms with Gasteiger partial charge in [-0.25, -0.2) is 0 Å². The maximum atomic E-state index is 12.4. The Morgan fingerprint density at radius 2 is 1.67 bits per heavy atom. The average molecular weight is 415 g/mol. The first-order valence-electron chi connectivity index (χ1n) is 10.0. The van der Waals surface area contributed by atoms with Crippen LogP contribution in [0.25, 0.3) is 0 Å². The van der Waals surface area contributed by atoms with Gasteiger partial charge in [-0.05, 0) is 44.0 Å². The maximum Gasteiger partial charge on any atom is 0.308 e. The standard InChI is InChI=1S/C21H25N3O6/c1-12(19(27)23-14-8-6-13(7-9-14)18(22)26)30-17(25)10-11-24-20(28)15-4-2-3-5-16(15)21(24)29/h6-9,12,15-16H,2-5,10-11H2,1H3,(H2,22,26)(H,23,27)/t12-,15-,16-/m0/s1. The van der Waals surface area contributed by atoms with Crippen molar-refractivity contribution in [3.8, 4) is 0 Å². The van der Waals surface area contributed by atoms with Gasteiger partial charge in [0.05, 0.1) is 18.3 Å². The number of fused-ring (bicyclic) bond motifs is 1. The molecule has 3 rings (SSSR count). The molecule has 1 saturated heterocycles. The Hall–Kier alpha value is -3.23. The minimum atomic E-state index is -1.07. The SMILES string of the molecule is C[C@H](OC(=O)CCN1C(=O)[C@H]2CCCC[C@@H]2C1=O)C(=O)Nc1ccc(C(N)=O)cc1. The molecule has 0 radical (unpaired) electrons. The van der Waals surface area contributed by atoms with Crippen LogP contribution < -0.4 is 11.1 Å². The van der Waals surface area contributed by atoms with Crippen molar-refractivity contribution in [3.05, 3.63) is 29.8 Å². The number of carbonyl (C=O) groups is 5. The number of ether oxygens (including phenoxy) is 1. The summed E-state index contributed by atoms with van der Waals surface area (Å²) >= 11 is 0. The van der Waals surface area contributed by atoms with Gasteiger partial charge < -0.3 is 15.8 Å². The molecule has 1 aliphatic carbocycles. The second-order valence-electron chi connectivity index (χ2n) is 7.64. The zero-order valence-corrected chi connectivity index (χ0v) is 16.8. The molecule has 0 unspecified atom stereocenters. The topological polar surface area (TPSA) is 136 Å². The summed E-state index contributed by atoms with van der Waals surface area (Å²) in [5.74, 6) is -2.72. The molecule has 0 spiro atoms. The van der Waals surface area contributed by atoms with Crippen LogP contribution in [0.3, 0.4) is 0 Å². The first kappa shape index (κ1) is 21.5. The Morgan fingerprint density at radius 1 is 1.10 bits per heavy atom. The molecule has 1 aromatic rings. The van der Waals surface area contributed by atoms with E-state index in [0.29, 0.717) is 24.1 Å². The largest absolute Gasteiger partial charge is 0.452 e. The maximum absolute atomic E-state index is 12.4. The van der Waals surface area contributed by atoms with Crippen molar-refractivity contribution < 1.29 is 28.7 Å². The molecule has 1 saturated carbocycles. The van der Waals surface area contributed by atoms with Gasteiger partial charge in [-0.15, -0.1) is 0 Å². The lowest BCUT2D eigenvalue weighted by molar-refractivity contribution is -0.154. The first-order chi connectivity index (χ1) is 14.3. The van der Waals surface area contributed by atoms with Crippen LogP contribution in [0.2, 0.25) is 0 Å². The third-order valence-electron chi connectivity index (χ3n) is 5.59. The lowest BCUT2D eigenvalue weighted by Crippen LogP contribution is -2.35. The summed E-state index contributed by atoms with van der Waals surface area (Å²) in [5, 5.41) is 2.57. The number of imide groups is 1. The number of hydrogen-bond acceptors (Lipinski definition) is 6. The van der Waals surface area contributed by atoms with E-state index in [0.717, 1.165) is 17.7 Å². The molecule has 9 heteroatoms. The van der Waals surface area contributed by atoms with Crippen molar-refractivity contribution in [3.63, 3.8) is 0 Å². The highest BCUT2D eigenvalue weighted by atomic mass is 16.5. The van der Waals surface area contributed by atoms with E-state index < -0.39 is 23.9 Å². The second kappa shape index (κ2) is 9.06. The third-order valence-corrected chi connectivity index (χ3v) is 5.59. The molecular formula is C21H25N3O6. The van der Waals surface area contributed by atoms with Crippen LogP contribution in [0.4, 0.5) is 5.69 Å². The number of hydrogen-bond donors (Lipinski definition) is 2. The minimum absolute atomic E-state index is 0.0353. The predicted octanol–water partition coefficient (Wildman–Crippen LogP) is 1.22. The second-order valence-corrected chi connectivity index (χ2v) is 7.64. The quantitative estimate of drug-likeness (QED) is 0.508. The van der Waals surface area contributed by atoms with E-state index in [-0.39, 0.29) is 36.6 Å². The summed E-state index contributed by atoms with van der Waals surface area (Å²) in [5.41, 5.74) is 5.89. The zero-order valence-electron chi connectivity index (χ0n) is 16.8. The first-order valence-corrected chi connectivity index (χ1v) is 10.0. The lowest BCUT2D eigenvalue weighted by atomic mass is 9.81. The molecule has 9 nitrogen and oxygen atoms in total. The number of primary amides is 1. The Labute approximate surface area is 173 Å². The molecule has 3 N–H and O–H groups in total. The van der Waals surface area contributed by atoms with Gasteiger partial charge in [-0.1, -0.05) is 12.8 Å². The van der Waals surface area contributed by atoms with E-state index in [4.69, 9.17) is 10.5 Å². The number of nitrogens with one attached hydrogen (secondary N) is 1. The van der Waals surface area contributed by atoms with Crippen molar-refractivity contribution >= 4 is 35.3 Å².